The zero-order chi connectivity index (χ0) is 30.3. The second kappa shape index (κ2) is 14.2. The van der Waals surface area contributed by atoms with Crippen LogP contribution in [-0.4, -0.2) is 100.0 Å². The molecule has 1 saturated heterocycles. The van der Waals surface area contributed by atoms with Crippen molar-refractivity contribution in [1.29, 1.82) is 0 Å². The van der Waals surface area contributed by atoms with E-state index in [9.17, 15) is 18.8 Å². The van der Waals surface area contributed by atoms with Gasteiger partial charge in [-0.3, -0.25) is 0 Å². The fraction of sp³-hybridized carbons (Fsp3) is 0.630. The molecule has 0 unspecified atom stereocenters. The van der Waals surface area contributed by atoms with Gasteiger partial charge in [0.05, 0.1) is 19.9 Å². The van der Waals surface area contributed by atoms with Crippen LogP contribution >= 0.6 is 22.6 Å². The monoisotopic (exact) mass is 677 g/mol. The molecule has 0 bridgehead atoms. The van der Waals surface area contributed by atoms with Crippen molar-refractivity contribution >= 4 is 46.8 Å². The van der Waals surface area contributed by atoms with Gasteiger partial charge in [0.2, 0.25) is 5.96 Å². The molecule has 0 N–H and O–H groups in total. The number of nitrogens with zero attached hydrogens (tertiary/aromatic N) is 5. The van der Waals surface area contributed by atoms with Gasteiger partial charge in [0.15, 0.2) is 11.6 Å². The van der Waals surface area contributed by atoms with E-state index in [1.807, 2.05) is 0 Å². The predicted octanol–water partition coefficient (Wildman–Crippen LogP) is 5.31. The summed E-state index contributed by atoms with van der Waals surface area (Å²) in [5, 5.41) is 0. The molecule has 0 atom stereocenters. The van der Waals surface area contributed by atoms with E-state index in [0.717, 1.165) is 10.8 Å². The van der Waals surface area contributed by atoms with E-state index < -0.39 is 29.2 Å². The molecule has 1 heterocycles. The molecule has 224 valence electrons. The highest BCUT2D eigenvalue weighted by atomic mass is 127. The average molecular weight is 678 g/mol. The molecule has 11 nitrogen and oxygen atoms in total. The van der Waals surface area contributed by atoms with Gasteiger partial charge in [-0.05, 0) is 72.1 Å². The van der Waals surface area contributed by atoms with E-state index in [2.05, 4.69) is 27.6 Å². The lowest BCUT2D eigenvalue weighted by molar-refractivity contribution is 0.0314. The molecule has 0 aromatic heterocycles. The minimum Gasteiger partial charge on any atom is -0.490 e. The van der Waals surface area contributed by atoms with Gasteiger partial charge in [-0.2, -0.15) is 0 Å². The third kappa shape index (κ3) is 10.6. The van der Waals surface area contributed by atoms with Crippen LogP contribution in [0.5, 0.6) is 5.75 Å². The Balaban J connectivity index is 2.44. The van der Waals surface area contributed by atoms with Crippen LogP contribution in [0, 0.1) is 5.82 Å². The van der Waals surface area contributed by atoms with Crippen LogP contribution in [0.1, 0.15) is 53.5 Å². The summed E-state index contributed by atoms with van der Waals surface area (Å²) in [6.07, 6.45) is -0.636. The molecule has 0 spiro atoms. The number of aliphatic imine (C=N–C) groups is 1. The number of rotatable bonds is 7. The van der Waals surface area contributed by atoms with Gasteiger partial charge in [-0.25, -0.2) is 23.7 Å². The van der Waals surface area contributed by atoms with Crippen molar-refractivity contribution in [3.05, 3.63) is 29.6 Å². The molecule has 40 heavy (non-hydrogen) atoms. The maximum atomic E-state index is 14.7. The van der Waals surface area contributed by atoms with Crippen LogP contribution in [0.2, 0.25) is 0 Å². The molecule has 4 amide bonds. The normalized spacial score (nSPS) is 14.8. The predicted molar refractivity (Wildman–Crippen MR) is 158 cm³/mol. The number of amides is 4. The third-order valence-corrected chi connectivity index (χ3v) is 6.06. The first kappa shape index (κ1) is 33.4. The summed E-state index contributed by atoms with van der Waals surface area (Å²) in [7, 11) is 3.20. The number of ether oxygens (including phenoxy) is 3. The Bertz CT molecular complexity index is 1070. The molecule has 0 radical (unpaired) electrons. The summed E-state index contributed by atoms with van der Waals surface area (Å²) < 4.78 is 32.2. The number of benzene rings is 1. The van der Waals surface area contributed by atoms with Crippen LogP contribution in [0.15, 0.2) is 23.2 Å². The van der Waals surface area contributed by atoms with E-state index in [1.54, 1.807) is 72.7 Å². The lowest BCUT2D eigenvalue weighted by Gasteiger charge is -2.42. The quantitative estimate of drug-likeness (QED) is 0.127. The third-order valence-electron chi connectivity index (χ3n) is 5.30. The summed E-state index contributed by atoms with van der Waals surface area (Å²) in [6.45, 7) is 10.8. The number of urea groups is 1. The zero-order valence-electron chi connectivity index (χ0n) is 24.6. The molecule has 13 heteroatoms. The Morgan fingerprint density at radius 2 is 1.65 bits per heavy atom. The molecule has 1 aliphatic heterocycles. The summed E-state index contributed by atoms with van der Waals surface area (Å²) in [5.41, 5.74) is -1.07. The lowest BCUT2D eigenvalue weighted by Crippen LogP contribution is -2.61. The minimum absolute atomic E-state index is 0.00288. The Morgan fingerprint density at radius 1 is 1.05 bits per heavy atom. The smallest absolute Gasteiger partial charge is 0.437 e. The number of alkyl halides is 1. The molecule has 1 aromatic carbocycles. The van der Waals surface area contributed by atoms with Gasteiger partial charge in [0.1, 0.15) is 11.2 Å². The van der Waals surface area contributed by atoms with Crippen molar-refractivity contribution in [2.45, 2.75) is 65.6 Å². The molecular weight excluding hydrogens is 636 g/mol. The molecule has 1 aliphatic rings. The summed E-state index contributed by atoms with van der Waals surface area (Å²) in [6, 6.07) is 4.42. The van der Waals surface area contributed by atoms with Gasteiger partial charge in [0.25, 0.3) is 0 Å². The van der Waals surface area contributed by atoms with Crippen molar-refractivity contribution in [2.24, 2.45) is 4.99 Å². The van der Waals surface area contributed by atoms with Crippen LogP contribution in [-0.2, 0) is 15.9 Å². The second-order valence-electron chi connectivity index (χ2n) is 11.4. The second-order valence-corrected chi connectivity index (χ2v) is 12.5. The van der Waals surface area contributed by atoms with Crippen LogP contribution in [0.3, 0.4) is 0 Å². The Labute approximate surface area is 249 Å². The van der Waals surface area contributed by atoms with E-state index in [4.69, 9.17) is 14.2 Å². The van der Waals surface area contributed by atoms with Crippen molar-refractivity contribution in [3.8, 4) is 5.75 Å². The van der Waals surface area contributed by atoms with E-state index in [1.165, 1.54) is 20.8 Å². The van der Waals surface area contributed by atoms with Crippen LogP contribution in [0.25, 0.3) is 0 Å². The van der Waals surface area contributed by atoms with Crippen molar-refractivity contribution in [2.75, 3.05) is 45.0 Å². The number of guanidine groups is 1. The van der Waals surface area contributed by atoms with Gasteiger partial charge < -0.3 is 28.9 Å². The fourth-order valence-electron chi connectivity index (χ4n) is 3.65. The number of carbonyl (C=O) groups excluding carboxylic acids is 3. The minimum atomic E-state index is -0.905. The van der Waals surface area contributed by atoms with Crippen molar-refractivity contribution in [1.82, 2.24) is 19.6 Å². The van der Waals surface area contributed by atoms with Gasteiger partial charge >= 0.3 is 18.2 Å². The van der Waals surface area contributed by atoms with Crippen molar-refractivity contribution in [3.63, 3.8) is 0 Å². The van der Waals surface area contributed by atoms with E-state index in [-0.39, 0.29) is 44.0 Å². The highest BCUT2D eigenvalue weighted by Crippen LogP contribution is 2.21. The maximum absolute atomic E-state index is 14.7. The average Bonchev–Trinajstić information content (AvgIpc) is 2.80. The zero-order valence-corrected chi connectivity index (χ0v) is 26.8. The molecular formula is C27H41FIN5O6. The molecule has 0 aliphatic carbocycles. The van der Waals surface area contributed by atoms with Crippen LogP contribution in [0.4, 0.5) is 18.8 Å². The van der Waals surface area contributed by atoms with Crippen molar-refractivity contribution < 1.29 is 33.0 Å². The lowest BCUT2D eigenvalue weighted by atomic mass is 10.1. The first-order chi connectivity index (χ1) is 18.5. The summed E-state index contributed by atoms with van der Waals surface area (Å²) in [4.78, 5) is 48.5. The number of hydrogen-bond acceptors (Lipinski definition) is 6. The standard InChI is InChI=1S/C27H41FIN5O6/c1-26(2,3)39-23(35)30-22(33-17-31(7)24(36)32(8)18-33)34(25(37)40-27(4,5)6)14-12-19-10-11-21(20(28)16-19)38-15-9-13-29/h10-11,16H,9,12-15,17-18H2,1-8H3/b30-22+. The van der Waals surface area contributed by atoms with E-state index >= 15 is 0 Å². The number of carbonyl (C=O) groups is 3. The Kier molecular flexibility index (Phi) is 11.8. The summed E-state index contributed by atoms with van der Waals surface area (Å²) in [5.74, 6) is -0.391. The summed E-state index contributed by atoms with van der Waals surface area (Å²) >= 11 is 2.23. The van der Waals surface area contributed by atoms with E-state index in [0.29, 0.717) is 12.2 Å². The van der Waals surface area contributed by atoms with Crippen LogP contribution < -0.4 is 4.74 Å². The molecule has 1 fully saturated rings. The topological polar surface area (TPSA) is 104 Å². The number of hydrogen-bond donors (Lipinski definition) is 0. The maximum Gasteiger partial charge on any atom is 0.437 e. The first-order valence-corrected chi connectivity index (χ1v) is 14.5. The van der Waals surface area contributed by atoms with Gasteiger partial charge in [-0.1, -0.05) is 28.7 Å². The first-order valence-electron chi connectivity index (χ1n) is 13.0. The fourth-order valence-corrected chi connectivity index (χ4v) is 3.96. The Morgan fingerprint density at radius 3 is 2.17 bits per heavy atom. The Hall–Kier alpha value is -2.84. The van der Waals surface area contributed by atoms with Gasteiger partial charge in [0, 0.05) is 25.1 Å². The molecule has 2 rings (SSSR count). The SMILES string of the molecule is CN1CN(/C(=N\C(=O)OC(C)(C)C)N(CCc2ccc(OCCCI)c(F)c2)C(=O)OC(C)(C)C)CN(C)C1=O. The highest BCUT2D eigenvalue weighted by Gasteiger charge is 2.35. The number of halogens is 2. The largest absolute Gasteiger partial charge is 0.490 e. The molecule has 0 saturated carbocycles. The highest BCUT2D eigenvalue weighted by molar-refractivity contribution is 14.1. The van der Waals surface area contributed by atoms with Gasteiger partial charge in [-0.15, -0.1) is 4.99 Å². The molecule has 1 aromatic rings.